The molecular formula is C13H9Cl2N3. The van der Waals surface area contributed by atoms with Crippen molar-refractivity contribution in [2.45, 2.75) is 0 Å². The highest BCUT2D eigenvalue weighted by atomic mass is 35.5. The molecule has 0 aromatic heterocycles. The first-order chi connectivity index (χ1) is 8.60. The fourth-order valence-corrected chi connectivity index (χ4v) is 1.87. The predicted octanol–water partition coefficient (Wildman–Crippen LogP) is 4.19. The number of rotatable bonds is 2. The molecule has 0 amide bonds. The summed E-state index contributed by atoms with van der Waals surface area (Å²) in [5.41, 5.74) is 8.25. The van der Waals surface area contributed by atoms with Gasteiger partial charge in [-0.1, -0.05) is 23.2 Å². The van der Waals surface area contributed by atoms with Crippen molar-refractivity contribution in [2.24, 2.45) is 0 Å². The van der Waals surface area contributed by atoms with E-state index in [4.69, 9.17) is 34.2 Å². The molecule has 0 saturated heterocycles. The number of anilines is 3. The summed E-state index contributed by atoms with van der Waals surface area (Å²) in [6.07, 6.45) is 0. The lowest BCUT2D eigenvalue weighted by molar-refractivity contribution is 1.47. The van der Waals surface area contributed by atoms with Gasteiger partial charge in [-0.25, -0.2) is 0 Å². The van der Waals surface area contributed by atoms with Crippen molar-refractivity contribution in [1.82, 2.24) is 0 Å². The van der Waals surface area contributed by atoms with Gasteiger partial charge in [0.15, 0.2) is 0 Å². The SMILES string of the molecule is N#Cc1ccc(Nc2cc(Cl)ccc2N)c(Cl)c1. The zero-order chi connectivity index (χ0) is 13.1. The first-order valence-corrected chi connectivity index (χ1v) is 5.87. The van der Waals surface area contributed by atoms with Crippen molar-refractivity contribution < 1.29 is 0 Å². The van der Waals surface area contributed by atoms with Gasteiger partial charge in [0.1, 0.15) is 0 Å². The van der Waals surface area contributed by atoms with Crippen LogP contribution >= 0.6 is 23.2 Å². The fraction of sp³-hybridized carbons (Fsp3) is 0. The van der Waals surface area contributed by atoms with Crippen molar-refractivity contribution >= 4 is 40.3 Å². The molecule has 0 atom stereocenters. The summed E-state index contributed by atoms with van der Waals surface area (Å²) < 4.78 is 0. The Morgan fingerprint density at radius 1 is 1.06 bits per heavy atom. The molecule has 0 fully saturated rings. The largest absolute Gasteiger partial charge is 0.397 e. The predicted molar refractivity (Wildman–Crippen MR) is 75.3 cm³/mol. The van der Waals surface area contributed by atoms with Crippen LogP contribution in [0, 0.1) is 11.3 Å². The van der Waals surface area contributed by atoms with Gasteiger partial charge in [-0.2, -0.15) is 5.26 Å². The van der Waals surface area contributed by atoms with E-state index in [0.29, 0.717) is 32.7 Å². The monoisotopic (exact) mass is 277 g/mol. The number of nitrogens with two attached hydrogens (primary N) is 1. The summed E-state index contributed by atoms with van der Waals surface area (Å²) in [6, 6.07) is 12.1. The Morgan fingerprint density at radius 2 is 1.83 bits per heavy atom. The zero-order valence-corrected chi connectivity index (χ0v) is 10.8. The molecule has 0 bridgehead atoms. The molecule has 18 heavy (non-hydrogen) atoms. The van der Waals surface area contributed by atoms with Crippen LogP contribution in [0.5, 0.6) is 0 Å². The highest BCUT2D eigenvalue weighted by Crippen LogP contribution is 2.30. The Labute approximate surface area is 115 Å². The summed E-state index contributed by atoms with van der Waals surface area (Å²) in [7, 11) is 0. The molecule has 0 aliphatic carbocycles. The Bertz CT molecular complexity index is 633. The highest BCUT2D eigenvalue weighted by Gasteiger charge is 2.05. The lowest BCUT2D eigenvalue weighted by Gasteiger charge is -2.11. The summed E-state index contributed by atoms with van der Waals surface area (Å²) >= 11 is 12.0. The van der Waals surface area contributed by atoms with Crippen molar-refractivity contribution in [3.63, 3.8) is 0 Å². The Balaban J connectivity index is 2.34. The number of hydrogen-bond acceptors (Lipinski definition) is 3. The Morgan fingerprint density at radius 3 is 2.50 bits per heavy atom. The van der Waals surface area contributed by atoms with E-state index < -0.39 is 0 Å². The minimum absolute atomic E-state index is 0.452. The molecule has 90 valence electrons. The van der Waals surface area contributed by atoms with E-state index in [2.05, 4.69) is 5.32 Å². The van der Waals surface area contributed by atoms with E-state index in [1.807, 2.05) is 6.07 Å². The van der Waals surface area contributed by atoms with E-state index in [1.165, 1.54) is 0 Å². The Hall–Kier alpha value is -1.89. The number of nitrogen functional groups attached to an aromatic ring is 1. The molecule has 0 aliphatic heterocycles. The second kappa shape index (κ2) is 5.18. The van der Waals surface area contributed by atoms with Gasteiger partial charge in [0.05, 0.1) is 33.7 Å². The number of halogens is 2. The Kier molecular flexibility index (Phi) is 3.61. The summed E-state index contributed by atoms with van der Waals surface area (Å²) in [5.74, 6) is 0. The first-order valence-electron chi connectivity index (χ1n) is 5.12. The van der Waals surface area contributed by atoms with Gasteiger partial charge in [0.25, 0.3) is 0 Å². The van der Waals surface area contributed by atoms with Gasteiger partial charge in [-0.3, -0.25) is 0 Å². The van der Waals surface area contributed by atoms with Gasteiger partial charge >= 0.3 is 0 Å². The van der Waals surface area contributed by atoms with E-state index >= 15 is 0 Å². The van der Waals surface area contributed by atoms with Crippen LogP contribution in [0.4, 0.5) is 17.1 Å². The van der Waals surface area contributed by atoms with Gasteiger partial charge in [-0.15, -0.1) is 0 Å². The number of nitrogens with zero attached hydrogens (tertiary/aromatic N) is 1. The minimum atomic E-state index is 0.452. The van der Waals surface area contributed by atoms with Crippen LogP contribution in [0.15, 0.2) is 36.4 Å². The van der Waals surface area contributed by atoms with Crippen LogP contribution in [0.2, 0.25) is 10.0 Å². The summed E-state index contributed by atoms with van der Waals surface area (Å²) in [5, 5.41) is 12.9. The molecule has 0 saturated carbocycles. The lowest BCUT2D eigenvalue weighted by atomic mass is 10.2. The van der Waals surface area contributed by atoms with Crippen molar-refractivity contribution in [2.75, 3.05) is 11.1 Å². The van der Waals surface area contributed by atoms with Gasteiger partial charge < -0.3 is 11.1 Å². The van der Waals surface area contributed by atoms with Crippen LogP contribution in [0.25, 0.3) is 0 Å². The van der Waals surface area contributed by atoms with E-state index in [9.17, 15) is 0 Å². The molecule has 5 heteroatoms. The van der Waals surface area contributed by atoms with Gasteiger partial charge in [0, 0.05) is 5.02 Å². The van der Waals surface area contributed by atoms with Crippen LogP contribution in [-0.2, 0) is 0 Å². The molecule has 0 aliphatic rings. The number of nitrogens with one attached hydrogen (secondary N) is 1. The van der Waals surface area contributed by atoms with E-state index in [0.717, 1.165) is 0 Å². The average Bonchev–Trinajstić information content (AvgIpc) is 2.36. The maximum Gasteiger partial charge on any atom is 0.0992 e. The maximum atomic E-state index is 8.76. The smallest absolute Gasteiger partial charge is 0.0992 e. The third-order valence-electron chi connectivity index (χ3n) is 2.38. The number of nitriles is 1. The average molecular weight is 278 g/mol. The molecular weight excluding hydrogens is 269 g/mol. The molecule has 3 nitrogen and oxygen atoms in total. The molecule has 2 rings (SSSR count). The zero-order valence-electron chi connectivity index (χ0n) is 9.24. The van der Waals surface area contributed by atoms with E-state index in [-0.39, 0.29) is 0 Å². The number of benzene rings is 2. The highest BCUT2D eigenvalue weighted by molar-refractivity contribution is 6.33. The summed E-state index contributed by atoms with van der Waals surface area (Å²) in [6.45, 7) is 0. The molecule has 0 radical (unpaired) electrons. The first kappa shape index (κ1) is 12.6. The fourth-order valence-electron chi connectivity index (χ4n) is 1.47. The third kappa shape index (κ3) is 2.67. The quantitative estimate of drug-likeness (QED) is 0.809. The number of hydrogen-bond donors (Lipinski definition) is 2. The van der Waals surface area contributed by atoms with Crippen molar-refractivity contribution in [1.29, 1.82) is 5.26 Å². The maximum absolute atomic E-state index is 8.76. The molecule has 2 aromatic rings. The molecule has 0 heterocycles. The second-order valence-corrected chi connectivity index (χ2v) is 4.51. The van der Waals surface area contributed by atoms with Crippen LogP contribution in [0.3, 0.4) is 0 Å². The van der Waals surface area contributed by atoms with Crippen LogP contribution in [-0.4, -0.2) is 0 Å². The van der Waals surface area contributed by atoms with Gasteiger partial charge in [-0.05, 0) is 36.4 Å². The van der Waals surface area contributed by atoms with E-state index in [1.54, 1.807) is 36.4 Å². The molecule has 0 unspecified atom stereocenters. The molecule has 2 aromatic carbocycles. The van der Waals surface area contributed by atoms with Crippen LogP contribution < -0.4 is 11.1 Å². The van der Waals surface area contributed by atoms with Crippen molar-refractivity contribution in [3.8, 4) is 6.07 Å². The van der Waals surface area contributed by atoms with Crippen molar-refractivity contribution in [3.05, 3.63) is 52.0 Å². The second-order valence-electron chi connectivity index (χ2n) is 3.66. The molecule has 3 N–H and O–H groups in total. The normalized spacial score (nSPS) is 9.83. The third-order valence-corrected chi connectivity index (χ3v) is 2.93. The lowest BCUT2D eigenvalue weighted by Crippen LogP contribution is -1.96. The minimum Gasteiger partial charge on any atom is -0.397 e. The topological polar surface area (TPSA) is 61.8 Å². The molecule has 0 spiro atoms. The van der Waals surface area contributed by atoms with Crippen LogP contribution in [0.1, 0.15) is 5.56 Å². The standard InChI is InChI=1S/C13H9Cl2N3/c14-9-2-3-11(17)13(6-9)18-12-4-1-8(7-16)5-10(12)15/h1-6,18H,17H2. The summed E-state index contributed by atoms with van der Waals surface area (Å²) in [4.78, 5) is 0. The van der Waals surface area contributed by atoms with Gasteiger partial charge in [0.2, 0.25) is 0 Å².